The number of nitrogens with one attached hydrogen (secondary N) is 2. The van der Waals surface area contributed by atoms with Gasteiger partial charge in [-0.05, 0) is 49.2 Å². The van der Waals surface area contributed by atoms with Crippen LogP contribution in [0.1, 0.15) is 32.6 Å². The molecule has 1 aliphatic heterocycles. The van der Waals surface area contributed by atoms with Crippen LogP contribution < -0.4 is 14.8 Å². The molecule has 1 fully saturated rings. The van der Waals surface area contributed by atoms with E-state index in [1.807, 2.05) is 30.3 Å². The van der Waals surface area contributed by atoms with Crippen LogP contribution in [0.25, 0.3) is 0 Å². The quantitative estimate of drug-likeness (QED) is 0.322. The largest absolute Gasteiger partial charge is 0.457 e. The van der Waals surface area contributed by atoms with Crippen LogP contribution in [0.3, 0.4) is 0 Å². The third kappa shape index (κ3) is 7.75. The number of amides is 2. The fourth-order valence-electron chi connectivity index (χ4n) is 3.69. The first-order chi connectivity index (χ1) is 16.2. The lowest BCUT2D eigenvalue weighted by Gasteiger charge is -2.17. The van der Waals surface area contributed by atoms with Gasteiger partial charge in [-0.3, -0.25) is 9.59 Å². The van der Waals surface area contributed by atoms with Crippen molar-refractivity contribution in [3.8, 4) is 11.5 Å². The van der Waals surface area contributed by atoms with Gasteiger partial charge >= 0.3 is 0 Å². The van der Waals surface area contributed by atoms with Crippen LogP contribution in [-0.2, 0) is 19.6 Å². The van der Waals surface area contributed by atoms with Crippen LogP contribution >= 0.6 is 12.6 Å². The maximum absolute atomic E-state index is 12.9. The third-order valence-electron chi connectivity index (χ3n) is 5.50. The molecular weight excluding hydrogens is 474 g/mol. The molecule has 0 saturated carbocycles. The molecule has 2 atom stereocenters. The van der Waals surface area contributed by atoms with Crippen molar-refractivity contribution in [3.63, 3.8) is 0 Å². The van der Waals surface area contributed by atoms with Crippen molar-refractivity contribution in [2.24, 2.45) is 0 Å². The zero-order valence-electron chi connectivity index (χ0n) is 19.1. The van der Waals surface area contributed by atoms with E-state index in [9.17, 15) is 18.0 Å². The Morgan fingerprint density at radius 3 is 2.35 bits per heavy atom. The number of ether oxygens (including phenoxy) is 1. The normalized spacial score (nSPS) is 18.0. The van der Waals surface area contributed by atoms with Gasteiger partial charge in [0.15, 0.2) is 0 Å². The number of para-hydroxylation sites is 1. The van der Waals surface area contributed by atoms with E-state index in [4.69, 9.17) is 4.74 Å². The minimum Gasteiger partial charge on any atom is -0.457 e. The number of rotatable bonds is 11. The molecule has 0 bridgehead atoms. The summed E-state index contributed by atoms with van der Waals surface area (Å²) in [6.07, 6.45) is 2.77. The SMILES string of the molecule is CC(=O)NCCCCCC(=O)N1CC(S)C(NS(=O)(=O)c2ccc(Oc3ccccc3)cc2)C1. The Morgan fingerprint density at radius 2 is 1.68 bits per heavy atom. The maximum atomic E-state index is 12.9. The summed E-state index contributed by atoms with van der Waals surface area (Å²) in [5.74, 6) is 1.13. The van der Waals surface area contributed by atoms with Gasteiger partial charge in [-0.25, -0.2) is 13.1 Å². The molecule has 1 aliphatic rings. The molecule has 3 rings (SSSR count). The molecule has 1 saturated heterocycles. The lowest BCUT2D eigenvalue weighted by molar-refractivity contribution is -0.130. The van der Waals surface area contributed by atoms with Gasteiger partial charge in [-0.15, -0.1) is 0 Å². The summed E-state index contributed by atoms with van der Waals surface area (Å²) < 4.78 is 34.2. The molecule has 2 aromatic rings. The standard InChI is InChI=1S/C24H31N3O5S2/c1-18(28)25-15-7-3-6-10-24(29)27-16-22(23(33)17-27)26-34(30,31)21-13-11-20(12-14-21)32-19-8-4-2-5-9-19/h2,4-5,8-9,11-14,22-23,26,33H,3,6-7,10,15-17H2,1H3,(H,25,28). The highest BCUT2D eigenvalue weighted by Crippen LogP contribution is 2.24. The molecule has 2 N–H and O–H groups in total. The van der Waals surface area contributed by atoms with Crippen molar-refractivity contribution >= 4 is 34.5 Å². The van der Waals surface area contributed by atoms with E-state index in [1.165, 1.54) is 19.1 Å². The van der Waals surface area contributed by atoms with Crippen LogP contribution in [0.2, 0.25) is 0 Å². The minimum absolute atomic E-state index is 0.0114. The molecule has 0 spiro atoms. The minimum atomic E-state index is -3.78. The van der Waals surface area contributed by atoms with Crippen LogP contribution in [0.4, 0.5) is 0 Å². The molecule has 2 unspecified atom stereocenters. The predicted octanol–water partition coefficient (Wildman–Crippen LogP) is 2.96. The summed E-state index contributed by atoms with van der Waals surface area (Å²) in [7, 11) is -3.78. The highest BCUT2D eigenvalue weighted by molar-refractivity contribution is 7.89. The molecular formula is C24H31N3O5S2. The topological polar surface area (TPSA) is 105 Å². The van der Waals surface area contributed by atoms with Crippen LogP contribution in [0.15, 0.2) is 59.5 Å². The molecule has 8 nitrogen and oxygen atoms in total. The molecule has 1 heterocycles. The second-order valence-electron chi connectivity index (χ2n) is 8.27. The number of carbonyl (C=O) groups is 2. The summed E-state index contributed by atoms with van der Waals surface area (Å²) in [6.45, 7) is 2.76. The number of carbonyl (C=O) groups excluding carboxylic acids is 2. The lowest BCUT2D eigenvalue weighted by Crippen LogP contribution is -2.41. The second kappa shape index (κ2) is 12.2. The Morgan fingerprint density at radius 1 is 1.00 bits per heavy atom. The number of likely N-dealkylation sites (tertiary alicyclic amines) is 1. The van der Waals surface area contributed by atoms with Crippen LogP contribution in [0.5, 0.6) is 11.5 Å². The van der Waals surface area contributed by atoms with Crippen LogP contribution in [-0.4, -0.2) is 56.1 Å². The molecule has 34 heavy (non-hydrogen) atoms. The third-order valence-corrected chi connectivity index (χ3v) is 7.53. The van der Waals surface area contributed by atoms with Gasteiger partial charge in [0.05, 0.1) is 10.9 Å². The van der Waals surface area contributed by atoms with Crippen molar-refractivity contribution < 1.29 is 22.7 Å². The molecule has 0 radical (unpaired) electrons. The van der Waals surface area contributed by atoms with Crippen molar-refractivity contribution in [2.45, 2.75) is 48.8 Å². The average Bonchev–Trinajstić information content (AvgIpc) is 3.16. The number of nitrogens with zero attached hydrogens (tertiary/aromatic N) is 1. The van der Waals surface area contributed by atoms with E-state index in [0.717, 1.165) is 19.3 Å². The summed E-state index contributed by atoms with van der Waals surface area (Å²) in [6, 6.07) is 15.0. The van der Waals surface area contributed by atoms with Gasteiger partial charge in [0.25, 0.3) is 0 Å². The Kier molecular flexibility index (Phi) is 9.37. The molecule has 2 aromatic carbocycles. The Balaban J connectivity index is 1.48. The van der Waals surface area contributed by atoms with Gasteiger partial charge in [-0.1, -0.05) is 24.6 Å². The fraction of sp³-hybridized carbons (Fsp3) is 0.417. The van der Waals surface area contributed by atoms with Crippen molar-refractivity contribution in [3.05, 3.63) is 54.6 Å². The average molecular weight is 506 g/mol. The van der Waals surface area contributed by atoms with Crippen LogP contribution in [0, 0.1) is 0 Å². The van der Waals surface area contributed by atoms with Gasteiger partial charge in [0.1, 0.15) is 11.5 Å². The van der Waals surface area contributed by atoms with E-state index in [1.54, 1.807) is 17.0 Å². The zero-order chi connectivity index (χ0) is 24.6. The monoisotopic (exact) mass is 505 g/mol. The van der Waals surface area contributed by atoms with Crippen molar-refractivity contribution in [1.82, 2.24) is 14.9 Å². The van der Waals surface area contributed by atoms with Gasteiger partial charge in [0, 0.05) is 38.2 Å². The molecule has 2 amide bonds. The van der Waals surface area contributed by atoms with Crippen molar-refractivity contribution in [2.75, 3.05) is 19.6 Å². The first kappa shape index (κ1) is 26.1. The maximum Gasteiger partial charge on any atom is 0.240 e. The number of hydrogen-bond acceptors (Lipinski definition) is 6. The molecule has 0 aromatic heterocycles. The smallest absolute Gasteiger partial charge is 0.240 e. The van der Waals surface area contributed by atoms with Gasteiger partial charge in [0.2, 0.25) is 21.8 Å². The van der Waals surface area contributed by atoms with Gasteiger partial charge in [-0.2, -0.15) is 12.6 Å². The summed E-state index contributed by atoms with van der Waals surface area (Å²) >= 11 is 4.51. The first-order valence-electron chi connectivity index (χ1n) is 11.3. The second-order valence-corrected chi connectivity index (χ2v) is 10.7. The zero-order valence-corrected chi connectivity index (χ0v) is 20.9. The van der Waals surface area contributed by atoms with E-state index in [0.29, 0.717) is 31.0 Å². The Bertz CT molecular complexity index is 1060. The number of thiol groups is 1. The molecule has 10 heteroatoms. The van der Waals surface area contributed by atoms with Gasteiger partial charge < -0.3 is 15.0 Å². The number of benzene rings is 2. The Labute approximate surface area is 206 Å². The highest BCUT2D eigenvalue weighted by atomic mass is 32.2. The molecule has 0 aliphatic carbocycles. The first-order valence-corrected chi connectivity index (χ1v) is 13.3. The number of sulfonamides is 1. The number of hydrogen-bond donors (Lipinski definition) is 3. The number of unbranched alkanes of at least 4 members (excludes halogenated alkanes) is 2. The predicted molar refractivity (Wildman–Crippen MR) is 134 cm³/mol. The fourth-order valence-corrected chi connectivity index (χ4v) is 5.42. The summed E-state index contributed by atoms with van der Waals surface area (Å²) in [5, 5.41) is 2.44. The van der Waals surface area contributed by atoms with E-state index >= 15 is 0 Å². The van der Waals surface area contributed by atoms with E-state index < -0.39 is 16.1 Å². The molecule has 184 valence electrons. The summed E-state index contributed by atoms with van der Waals surface area (Å²) in [5.41, 5.74) is 0. The summed E-state index contributed by atoms with van der Waals surface area (Å²) in [4.78, 5) is 25.2. The van der Waals surface area contributed by atoms with E-state index in [-0.39, 0.29) is 28.5 Å². The highest BCUT2D eigenvalue weighted by Gasteiger charge is 2.35. The Hall–Kier alpha value is -2.56. The van der Waals surface area contributed by atoms with Crippen molar-refractivity contribution in [1.29, 1.82) is 0 Å². The lowest BCUT2D eigenvalue weighted by atomic mass is 10.2. The van der Waals surface area contributed by atoms with E-state index in [2.05, 4.69) is 22.7 Å².